The Balaban J connectivity index is 0.000000268. The van der Waals surface area contributed by atoms with Crippen LogP contribution in [0.3, 0.4) is 0 Å². The second-order valence-corrected chi connectivity index (χ2v) is 16.7. The van der Waals surface area contributed by atoms with E-state index in [1.807, 2.05) is 126 Å². The Kier molecular flexibility index (Phi) is 23.2. The summed E-state index contributed by atoms with van der Waals surface area (Å²) in [6, 6.07) is 54.8. The Morgan fingerprint density at radius 2 is 1.13 bits per heavy atom. The Bertz CT molecular complexity index is 2560. The molecule has 0 spiro atoms. The molecule has 0 aliphatic carbocycles. The van der Waals surface area contributed by atoms with Gasteiger partial charge in [0, 0.05) is 33.0 Å². The van der Waals surface area contributed by atoms with Gasteiger partial charge in [-0.05, 0) is 145 Å². The highest BCUT2D eigenvalue weighted by Crippen LogP contribution is 2.40. The number of para-hydroxylation sites is 1. The molecule has 8 rings (SSSR count). The molecule has 0 bridgehead atoms. The summed E-state index contributed by atoms with van der Waals surface area (Å²) in [5, 5.41) is 12.0. The number of unbranched alkanes of at least 4 members (excludes halogenated alkanes) is 1. The minimum Gasteiger partial charge on any atom is -0.508 e. The molecule has 0 radical (unpaired) electrons. The first kappa shape index (κ1) is 54.0. The molecule has 1 aliphatic heterocycles. The fourth-order valence-corrected chi connectivity index (χ4v) is 8.46. The van der Waals surface area contributed by atoms with E-state index in [4.69, 9.17) is 14.2 Å². The van der Waals surface area contributed by atoms with Crippen LogP contribution in [-0.4, -0.2) is 11.8 Å². The molecule has 1 N–H and O–H groups in total. The zero-order valence-electron chi connectivity index (χ0n) is 41.9. The summed E-state index contributed by atoms with van der Waals surface area (Å²) in [4.78, 5) is 4.52. The number of anilines is 1. The zero-order chi connectivity index (χ0) is 49.2. The summed E-state index contributed by atoms with van der Waals surface area (Å²) in [7, 11) is 0. The fraction of sp³-hybridized carbons (Fsp3) is 0.258. The molecule has 0 amide bonds. The van der Waals surface area contributed by atoms with Crippen molar-refractivity contribution < 1.29 is 19.3 Å². The highest BCUT2D eigenvalue weighted by atomic mass is 32.2. The summed E-state index contributed by atoms with van der Waals surface area (Å²) in [5.41, 5.74) is 4.75. The van der Waals surface area contributed by atoms with Crippen LogP contribution in [0.15, 0.2) is 204 Å². The molecule has 7 aromatic rings. The van der Waals surface area contributed by atoms with Crippen molar-refractivity contribution in [2.24, 2.45) is 0 Å². The first-order valence-corrected chi connectivity index (χ1v) is 25.2. The van der Waals surface area contributed by atoms with Gasteiger partial charge in [-0.2, -0.15) is 0 Å². The minimum absolute atomic E-state index is 0.0566. The third kappa shape index (κ3) is 15.5. The van der Waals surface area contributed by atoms with Gasteiger partial charge in [0.05, 0.1) is 0 Å². The number of nitrogens with zero attached hydrogens (tertiary/aromatic N) is 1. The maximum atomic E-state index is 9.60. The molecule has 0 unspecified atom stereocenters. The van der Waals surface area contributed by atoms with Crippen molar-refractivity contribution in [1.82, 2.24) is 0 Å². The molecule has 5 nitrogen and oxygen atoms in total. The number of benzene rings is 7. The van der Waals surface area contributed by atoms with E-state index in [9.17, 15) is 5.11 Å². The maximum Gasteiger partial charge on any atom is 0.161 e. The van der Waals surface area contributed by atoms with Gasteiger partial charge in [-0.25, -0.2) is 0 Å². The first-order valence-electron chi connectivity index (χ1n) is 24.3. The highest BCUT2D eigenvalue weighted by molar-refractivity contribution is 8.03. The molecule has 0 saturated heterocycles. The van der Waals surface area contributed by atoms with Crippen molar-refractivity contribution in [2.45, 2.75) is 105 Å². The summed E-state index contributed by atoms with van der Waals surface area (Å²) in [5.74, 6) is 4.56. The topological polar surface area (TPSA) is 51.2 Å². The molecule has 1 heterocycles. The summed E-state index contributed by atoms with van der Waals surface area (Å²) in [6.07, 6.45) is 12.5. The van der Waals surface area contributed by atoms with E-state index in [1.165, 1.54) is 40.3 Å². The number of phenolic OH excluding ortho intramolecular Hbond substituents is 1. The maximum absolute atomic E-state index is 9.60. The third-order valence-corrected chi connectivity index (χ3v) is 12.3. The van der Waals surface area contributed by atoms with Gasteiger partial charge in [0.25, 0.3) is 0 Å². The lowest BCUT2D eigenvalue weighted by molar-refractivity contribution is 0.290. The van der Waals surface area contributed by atoms with Gasteiger partial charge in [-0.1, -0.05) is 172 Å². The Morgan fingerprint density at radius 1 is 0.647 bits per heavy atom. The summed E-state index contributed by atoms with van der Waals surface area (Å²) in [6.45, 7) is 23.9. The minimum atomic E-state index is -0.0566. The van der Waals surface area contributed by atoms with Crippen molar-refractivity contribution in [3.63, 3.8) is 0 Å². The number of aromatic hydroxyl groups is 1. The van der Waals surface area contributed by atoms with Crippen molar-refractivity contribution in [2.75, 3.05) is 11.6 Å². The van der Waals surface area contributed by atoms with Crippen LogP contribution < -0.4 is 19.1 Å². The van der Waals surface area contributed by atoms with E-state index in [-0.39, 0.29) is 5.41 Å². The fourth-order valence-electron chi connectivity index (χ4n) is 7.55. The van der Waals surface area contributed by atoms with Crippen molar-refractivity contribution in [3.05, 3.63) is 216 Å². The van der Waals surface area contributed by atoms with E-state index >= 15 is 0 Å². The summed E-state index contributed by atoms with van der Waals surface area (Å²) >= 11 is 1.70. The molecule has 0 saturated carbocycles. The number of phenols is 1. The Hall–Kier alpha value is -6.63. The number of allylic oxidation sites excluding steroid dienone is 4. The SMILES string of the molecule is C=C/C=C(\C=C/C)Sc1ccc(Oc2ccc(N3COc4cc5ccccc5cc4C3)cc2)cc1.CC.CC.CCC(CC)(c1ccc(O)cc1)c1ccc(Oc2ccccc2)cc1.CCCC. The second kappa shape index (κ2) is 29.2. The second-order valence-electron chi connectivity index (χ2n) is 15.5. The molecule has 0 aromatic heterocycles. The quantitative estimate of drug-likeness (QED) is 0.0866. The van der Waals surface area contributed by atoms with Crippen LogP contribution in [-0.2, 0) is 12.0 Å². The van der Waals surface area contributed by atoms with E-state index in [2.05, 4.69) is 118 Å². The predicted molar refractivity (Wildman–Crippen MR) is 293 cm³/mol. The van der Waals surface area contributed by atoms with Crippen LogP contribution in [0, 0.1) is 0 Å². The lowest BCUT2D eigenvalue weighted by atomic mass is 9.70. The van der Waals surface area contributed by atoms with Gasteiger partial charge in [-0.3, -0.25) is 0 Å². The smallest absolute Gasteiger partial charge is 0.161 e. The van der Waals surface area contributed by atoms with Crippen LogP contribution in [0.1, 0.15) is 105 Å². The van der Waals surface area contributed by atoms with Crippen LogP contribution in [0.5, 0.6) is 34.5 Å². The molecular weight excluding hydrogens is 855 g/mol. The van der Waals surface area contributed by atoms with Gasteiger partial charge in [0.15, 0.2) is 6.73 Å². The van der Waals surface area contributed by atoms with E-state index in [0.29, 0.717) is 12.5 Å². The van der Waals surface area contributed by atoms with Crippen molar-refractivity contribution >= 4 is 28.2 Å². The summed E-state index contributed by atoms with van der Waals surface area (Å²) < 4.78 is 18.1. The molecular formula is C62H73NO4S. The molecule has 356 valence electrons. The van der Waals surface area contributed by atoms with E-state index in [1.54, 1.807) is 30.0 Å². The number of hydrogen-bond donors (Lipinski definition) is 1. The van der Waals surface area contributed by atoms with Crippen LogP contribution in [0.2, 0.25) is 0 Å². The molecule has 0 fully saturated rings. The Morgan fingerprint density at radius 3 is 1.65 bits per heavy atom. The van der Waals surface area contributed by atoms with Gasteiger partial charge < -0.3 is 24.2 Å². The van der Waals surface area contributed by atoms with Gasteiger partial charge in [0.2, 0.25) is 0 Å². The Labute approximate surface area is 412 Å². The standard InChI is InChI=1S/C31H27NO2S.C23H24O2.C4H10.2C2H6/c1-3-7-29(8-4-2)35-30-17-15-28(16-18-30)34-27-13-11-26(12-14-27)32-21-25-19-23-9-5-6-10-24(23)20-31(25)33-22-32;1-3-23(4-2,18-10-14-20(24)15-11-18)19-12-16-22(17-13-19)25-21-8-6-5-7-9-21;1-3-4-2;2*1-2/h3-20H,1,21-22H2,2H3;5-17,24H,3-4H2,1-2H3;3-4H2,1-2H3;2*1-2H3/b8-4-,29-7+;;;;. The van der Waals surface area contributed by atoms with Gasteiger partial charge in [0.1, 0.15) is 34.5 Å². The van der Waals surface area contributed by atoms with Crippen LogP contribution in [0.25, 0.3) is 10.8 Å². The number of rotatable bonds is 14. The number of fused-ring (bicyclic) bond motifs is 2. The lowest BCUT2D eigenvalue weighted by Gasteiger charge is -2.33. The number of thioether (sulfide) groups is 1. The molecule has 1 aliphatic rings. The molecule has 6 heteroatoms. The van der Waals surface area contributed by atoms with Gasteiger partial charge in [-0.15, -0.1) is 0 Å². The first-order chi connectivity index (χ1) is 33.3. The van der Waals surface area contributed by atoms with Crippen molar-refractivity contribution in [3.8, 4) is 34.5 Å². The van der Waals surface area contributed by atoms with E-state index < -0.39 is 0 Å². The predicted octanol–water partition coefficient (Wildman–Crippen LogP) is 18.9. The van der Waals surface area contributed by atoms with Gasteiger partial charge >= 0.3 is 0 Å². The van der Waals surface area contributed by atoms with Crippen molar-refractivity contribution in [1.29, 1.82) is 0 Å². The molecule has 0 atom stereocenters. The van der Waals surface area contributed by atoms with Crippen LogP contribution in [0.4, 0.5) is 5.69 Å². The lowest BCUT2D eigenvalue weighted by Crippen LogP contribution is -2.31. The normalized spacial score (nSPS) is 11.7. The number of hydrogen-bond acceptors (Lipinski definition) is 6. The average Bonchev–Trinajstić information content (AvgIpc) is 3.39. The zero-order valence-corrected chi connectivity index (χ0v) is 42.7. The van der Waals surface area contributed by atoms with E-state index in [0.717, 1.165) is 63.6 Å². The average molecular weight is 928 g/mol. The molecule has 7 aromatic carbocycles. The third-order valence-electron chi connectivity index (χ3n) is 11.3. The highest BCUT2D eigenvalue weighted by Gasteiger charge is 2.30. The monoisotopic (exact) mass is 928 g/mol. The number of ether oxygens (including phenoxy) is 3. The van der Waals surface area contributed by atoms with Crippen LogP contribution >= 0.6 is 11.8 Å². The molecule has 68 heavy (non-hydrogen) atoms. The largest absolute Gasteiger partial charge is 0.508 e.